The molecule has 1 aromatic carbocycles. The molecule has 5 nitrogen and oxygen atoms in total. The van der Waals surface area contributed by atoms with E-state index in [-0.39, 0.29) is 17.4 Å². The molecule has 0 saturated carbocycles. The number of nitrogens with zero attached hydrogens (tertiary/aromatic N) is 3. The lowest BCUT2D eigenvalue weighted by Gasteiger charge is -2.26. The summed E-state index contributed by atoms with van der Waals surface area (Å²) in [6.07, 6.45) is 3.90. The second-order valence-corrected chi connectivity index (χ2v) is 7.89. The molecule has 25 heavy (non-hydrogen) atoms. The normalized spacial score (nSPS) is 26.3. The lowest BCUT2D eigenvalue weighted by molar-refractivity contribution is -0.135. The van der Waals surface area contributed by atoms with Crippen LogP contribution in [0.2, 0.25) is 0 Å². The van der Waals surface area contributed by atoms with Crippen LogP contribution >= 0.6 is 0 Å². The molecule has 3 amide bonds. The van der Waals surface area contributed by atoms with Crippen LogP contribution in [0.5, 0.6) is 0 Å². The monoisotopic (exact) mass is 341 g/mol. The molecule has 3 aliphatic heterocycles. The van der Waals surface area contributed by atoms with Gasteiger partial charge in [-0.3, -0.25) is 4.79 Å². The van der Waals surface area contributed by atoms with E-state index in [9.17, 15) is 9.59 Å². The van der Waals surface area contributed by atoms with E-state index in [1.807, 2.05) is 20.8 Å². The fraction of sp³-hybridized carbons (Fsp3) is 0.600. The molecule has 3 fully saturated rings. The number of amides is 3. The Kier molecular flexibility index (Phi) is 4.18. The van der Waals surface area contributed by atoms with Crippen molar-refractivity contribution in [3.05, 3.63) is 35.4 Å². The number of hydrogen-bond donors (Lipinski definition) is 0. The Bertz CT molecular complexity index is 683. The van der Waals surface area contributed by atoms with Crippen LogP contribution in [0.1, 0.15) is 36.8 Å². The first kappa shape index (κ1) is 16.4. The summed E-state index contributed by atoms with van der Waals surface area (Å²) < 4.78 is 0. The highest BCUT2D eigenvalue weighted by molar-refractivity contribution is 5.87. The molecule has 3 saturated heterocycles. The minimum Gasteiger partial charge on any atom is -0.338 e. The van der Waals surface area contributed by atoms with Gasteiger partial charge >= 0.3 is 6.03 Å². The fourth-order valence-electron chi connectivity index (χ4n) is 4.60. The Morgan fingerprint density at radius 1 is 1.08 bits per heavy atom. The van der Waals surface area contributed by atoms with Gasteiger partial charge in [-0.2, -0.15) is 0 Å². The molecule has 3 heterocycles. The van der Waals surface area contributed by atoms with Crippen molar-refractivity contribution in [2.24, 2.45) is 5.41 Å². The lowest BCUT2D eigenvalue weighted by atomic mass is 9.85. The highest BCUT2D eigenvalue weighted by Gasteiger charge is 2.52. The van der Waals surface area contributed by atoms with Gasteiger partial charge < -0.3 is 14.7 Å². The van der Waals surface area contributed by atoms with Gasteiger partial charge in [0.05, 0.1) is 5.41 Å². The number of carbonyl (C=O) groups excluding carboxylic acids is 2. The Morgan fingerprint density at radius 2 is 1.84 bits per heavy atom. The van der Waals surface area contributed by atoms with Crippen molar-refractivity contribution < 1.29 is 9.59 Å². The van der Waals surface area contributed by atoms with Crippen molar-refractivity contribution in [2.45, 2.75) is 39.2 Å². The molecule has 134 valence electrons. The summed E-state index contributed by atoms with van der Waals surface area (Å²) in [7, 11) is 0. The van der Waals surface area contributed by atoms with E-state index in [1.54, 1.807) is 0 Å². The molecule has 0 bridgehead atoms. The number of carbonyl (C=O) groups is 2. The van der Waals surface area contributed by atoms with Crippen LogP contribution in [0.25, 0.3) is 0 Å². The average molecular weight is 341 g/mol. The number of aryl methyl sites for hydroxylation is 1. The van der Waals surface area contributed by atoms with Crippen LogP contribution in [0.3, 0.4) is 0 Å². The minimum absolute atomic E-state index is 0.138. The number of urea groups is 1. The molecule has 1 atom stereocenters. The molecule has 0 radical (unpaired) electrons. The zero-order chi connectivity index (χ0) is 17.4. The Morgan fingerprint density at radius 3 is 2.60 bits per heavy atom. The molecule has 4 rings (SSSR count). The van der Waals surface area contributed by atoms with E-state index in [1.165, 1.54) is 11.1 Å². The summed E-state index contributed by atoms with van der Waals surface area (Å²) in [5.41, 5.74) is 2.08. The van der Waals surface area contributed by atoms with Crippen LogP contribution in [0.4, 0.5) is 4.79 Å². The third-order valence-electron chi connectivity index (χ3n) is 6.06. The quantitative estimate of drug-likeness (QED) is 0.830. The van der Waals surface area contributed by atoms with E-state index in [0.717, 1.165) is 51.9 Å². The van der Waals surface area contributed by atoms with Crippen LogP contribution in [-0.4, -0.2) is 59.4 Å². The van der Waals surface area contributed by atoms with E-state index >= 15 is 0 Å². The van der Waals surface area contributed by atoms with Gasteiger partial charge in [0, 0.05) is 39.3 Å². The smallest absolute Gasteiger partial charge is 0.320 e. The van der Waals surface area contributed by atoms with Crippen LogP contribution < -0.4 is 0 Å². The van der Waals surface area contributed by atoms with Gasteiger partial charge in [0.25, 0.3) is 0 Å². The van der Waals surface area contributed by atoms with Crippen molar-refractivity contribution in [3.8, 4) is 0 Å². The van der Waals surface area contributed by atoms with Crippen molar-refractivity contribution in [3.63, 3.8) is 0 Å². The summed E-state index contributed by atoms with van der Waals surface area (Å²) in [4.78, 5) is 31.6. The SMILES string of the molecule is Cc1cccc(CN2CC[C@]3(CCN(C(=O)N4CCCC4)C3)C2=O)c1. The summed E-state index contributed by atoms with van der Waals surface area (Å²) in [6.45, 7) is 6.63. The topological polar surface area (TPSA) is 43.9 Å². The van der Waals surface area contributed by atoms with Crippen molar-refractivity contribution in [1.29, 1.82) is 0 Å². The van der Waals surface area contributed by atoms with Crippen LogP contribution in [0, 0.1) is 12.3 Å². The van der Waals surface area contributed by atoms with Crippen LogP contribution in [0.15, 0.2) is 24.3 Å². The second-order valence-electron chi connectivity index (χ2n) is 7.89. The summed E-state index contributed by atoms with van der Waals surface area (Å²) in [6, 6.07) is 8.50. The number of likely N-dealkylation sites (tertiary alicyclic amines) is 3. The number of hydrogen-bond acceptors (Lipinski definition) is 2. The molecule has 0 unspecified atom stereocenters. The fourth-order valence-corrected chi connectivity index (χ4v) is 4.60. The Labute approximate surface area is 149 Å². The van der Waals surface area contributed by atoms with Crippen LogP contribution in [-0.2, 0) is 11.3 Å². The first-order chi connectivity index (χ1) is 12.1. The molecule has 5 heteroatoms. The predicted molar refractivity (Wildman–Crippen MR) is 96.0 cm³/mol. The van der Waals surface area contributed by atoms with Gasteiger partial charge in [-0.25, -0.2) is 4.79 Å². The van der Waals surface area contributed by atoms with E-state index in [2.05, 4.69) is 25.1 Å². The van der Waals surface area contributed by atoms with Gasteiger partial charge in [0.15, 0.2) is 0 Å². The molecule has 0 aliphatic carbocycles. The lowest BCUT2D eigenvalue weighted by Crippen LogP contribution is -2.43. The molecule has 1 aromatic rings. The van der Waals surface area contributed by atoms with E-state index in [4.69, 9.17) is 0 Å². The Hall–Kier alpha value is -2.04. The van der Waals surface area contributed by atoms with Gasteiger partial charge in [-0.15, -0.1) is 0 Å². The summed E-state index contributed by atoms with van der Waals surface area (Å²) in [5.74, 6) is 0.241. The standard InChI is InChI=1S/C20H27N3O2/c1-16-5-4-6-17(13-16)14-22-11-7-20(18(22)24)8-12-23(15-20)19(25)21-9-2-3-10-21/h4-6,13H,2-3,7-12,14-15H2,1H3/t20-/m1/s1. The third kappa shape index (κ3) is 3.00. The van der Waals surface area contributed by atoms with E-state index in [0.29, 0.717) is 13.1 Å². The largest absolute Gasteiger partial charge is 0.338 e. The Balaban J connectivity index is 1.42. The van der Waals surface area contributed by atoms with Crippen molar-refractivity contribution >= 4 is 11.9 Å². The maximum atomic E-state index is 13.1. The maximum absolute atomic E-state index is 13.1. The molecular formula is C20H27N3O2. The number of rotatable bonds is 2. The van der Waals surface area contributed by atoms with Gasteiger partial charge in [-0.05, 0) is 38.2 Å². The second kappa shape index (κ2) is 6.36. The maximum Gasteiger partial charge on any atom is 0.320 e. The predicted octanol–water partition coefficient (Wildman–Crippen LogP) is 2.64. The molecule has 0 N–H and O–H groups in total. The van der Waals surface area contributed by atoms with Gasteiger partial charge in [0.2, 0.25) is 5.91 Å². The van der Waals surface area contributed by atoms with Gasteiger partial charge in [0.1, 0.15) is 0 Å². The van der Waals surface area contributed by atoms with Gasteiger partial charge in [-0.1, -0.05) is 29.8 Å². The molecular weight excluding hydrogens is 314 g/mol. The number of benzene rings is 1. The minimum atomic E-state index is -0.334. The molecule has 0 aromatic heterocycles. The zero-order valence-electron chi connectivity index (χ0n) is 15.0. The van der Waals surface area contributed by atoms with E-state index < -0.39 is 0 Å². The summed E-state index contributed by atoms with van der Waals surface area (Å²) >= 11 is 0. The van der Waals surface area contributed by atoms with Crippen molar-refractivity contribution in [2.75, 3.05) is 32.7 Å². The first-order valence-electron chi connectivity index (χ1n) is 9.46. The molecule has 3 aliphatic rings. The highest BCUT2D eigenvalue weighted by Crippen LogP contribution is 2.41. The molecule has 1 spiro atoms. The first-order valence-corrected chi connectivity index (χ1v) is 9.46. The third-order valence-corrected chi connectivity index (χ3v) is 6.06. The highest BCUT2D eigenvalue weighted by atomic mass is 16.2. The zero-order valence-corrected chi connectivity index (χ0v) is 15.0. The average Bonchev–Trinajstić information content (AvgIpc) is 3.33. The summed E-state index contributed by atoms with van der Waals surface area (Å²) in [5, 5.41) is 0. The van der Waals surface area contributed by atoms with Crippen molar-refractivity contribution in [1.82, 2.24) is 14.7 Å².